The van der Waals surface area contributed by atoms with Crippen LogP contribution in [0.15, 0.2) is 24.3 Å². The molecule has 2 atom stereocenters. The number of carbonyl (C=O) groups is 1. The van der Waals surface area contributed by atoms with Crippen LogP contribution in [0.25, 0.3) is 0 Å². The number of alkyl halides is 1. The van der Waals surface area contributed by atoms with Crippen molar-refractivity contribution in [3.63, 3.8) is 0 Å². The Morgan fingerprint density at radius 1 is 1.47 bits per heavy atom. The maximum absolute atomic E-state index is 11.9. The van der Waals surface area contributed by atoms with E-state index >= 15 is 0 Å². The molecule has 0 saturated carbocycles. The normalized spacial score (nSPS) is 23.9. The first kappa shape index (κ1) is 10.9. The largest absolute Gasteiger partial charge is 0.298 e. The molecule has 0 amide bonds. The minimum Gasteiger partial charge on any atom is -0.298 e. The van der Waals surface area contributed by atoms with Gasteiger partial charge in [-0.05, 0) is 23.5 Å². The molecular formula is C13H15BrO. The lowest BCUT2D eigenvalue weighted by Gasteiger charge is -2.16. The van der Waals surface area contributed by atoms with Gasteiger partial charge in [-0.3, -0.25) is 4.79 Å². The molecule has 2 heteroatoms. The molecule has 1 nitrogen and oxygen atoms in total. The Bertz CT molecular complexity index is 373. The molecule has 0 saturated heterocycles. The van der Waals surface area contributed by atoms with Gasteiger partial charge in [0.25, 0.3) is 0 Å². The minimum absolute atomic E-state index is 0.130. The van der Waals surface area contributed by atoms with Gasteiger partial charge in [0.05, 0.1) is 5.33 Å². The van der Waals surface area contributed by atoms with Crippen LogP contribution in [0, 0.1) is 5.92 Å². The van der Waals surface area contributed by atoms with Gasteiger partial charge in [0, 0.05) is 5.92 Å². The number of carbonyl (C=O) groups excluding carboxylic acids is 1. The Morgan fingerprint density at radius 2 is 2.20 bits per heavy atom. The summed E-state index contributed by atoms with van der Waals surface area (Å²) in [5.41, 5.74) is 2.62. The Balaban J connectivity index is 2.38. The van der Waals surface area contributed by atoms with Crippen molar-refractivity contribution in [2.75, 3.05) is 5.33 Å². The van der Waals surface area contributed by atoms with Crippen LogP contribution < -0.4 is 0 Å². The van der Waals surface area contributed by atoms with Crippen molar-refractivity contribution >= 4 is 21.7 Å². The molecule has 1 aliphatic rings. The van der Waals surface area contributed by atoms with Crippen molar-refractivity contribution < 1.29 is 4.79 Å². The zero-order chi connectivity index (χ0) is 10.8. The molecule has 0 spiro atoms. The summed E-state index contributed by atoms with van der Waals surface area (Å²) in [5.74, 6) is 0.963. The van der Waals surface area contributed by atoms with Crippen LogP contribution in [0.3, 0.4) is 0 Å². The third-order valence-corrected chi connectivity index (χ3v) is 3.90. The van der Waals surface area contributed by atoms with Crippen molar-refractivity contribution in [2.45, 2.75) is 25.7 Å². The molecule has 0 aromatic heterocycles. The number of benzene rings is 1. The number of hydrogen-bond acceptors (Lipinski definition) is 1. The first-order chi connectivity index (χ1) is 7.27. The van der Waals surface area contributed by atoms with Gasteiger partial charge in [-0.15, -0.1) is 0 Å². The van der Waals surface area contributed by atoms with E-state index in [9.17, 15) is 4.79 Å². The van der Waals surface area contributed by atoms with E-state index in [4.69, 9.17) is 0 Å². The lowest BCUT2D eigenvalue weighted by Crippen LogP contribution is -2.18. The minimum atomic E-state index is 0.130. The van der Waals surface area contributed by atoms with Crippen molar-refractivity contribution in [1.82, 2.24) is 0 Å². The molecule has 15 heavy (non-hydrogen) atoms. The van der Waals surface area contributed by atoms with Gasteiger partial charge >= 0.3 is 0 Å². The van der Waals surface area contributed by atoms with E-state index in [0.717, 1.165) is 12.8 Å². The Morgan fingerprint density at radius 3 is 2.87 bits per heavy atom. The molecular weight excluding hydrogens is 252 g/mol. The maximum Gasteiger partial charge on any atom is 0.151 e. The van der Waals surface area contributed by atoms with Crippen LogP contribution in [0.5, 0.6) is 0 Å². The summed E-state index contributed by atoms with van der Waals surface area (Å²) < 4.78 is 0. The van der Waals surface area contributed by atoms with Gasteiger partial charge in [0.15, 0.2) is 5.78 Å². The van der Waals surface area contributed by atoms with Crippen molar-refractivity contribution in [3.8, 4) is 0 Å². The van der Waals surface area contributed by atoms with Crippen LogP contribution in [0.4, 0.5) is 0 Å². The summed E-state index contributed by atoms with van der Waals surface area (Å²) in [5, 5.41) is 0.475. The predicted octanol–water partition coefficient (Wildman–Crippen LogP) is 3.32. The predicted molar refractivity (Wildman–Crippen MR) is 65.5 cm³/mol. The number of hydrogen-bond donors (Lipinski definition) is 0. The highest BCUT2D eigenvalue weighted by atomic mass is 79.9. The van der Waals surface area contributed by atoms with Crippen LogP contribution in [-0.2, 0) is 11.2 Å². The fourth-order valence-electron chi connectivity index (χ4n) is 2.58. The van der Waals surface area contributed by atoms with E-state index in [2.05, 4.69) is 41.1 Å². The first-order valence-corrected chi connectivity index (χ1v) is 6.56. The van der Waals surface area contributed by atoms with Crippen molar-refractivity contribution in [1.29, 1.82) is 0 Å². The summed E-state index contributed by atoms with van der Waals surface area (Å²) in [6.07, 6.45) is 2.15. The van der Waals surface area contributed by atoms with E-state index in [-0.39, 0.29) is 5.92 Å². The lowest BCUT2D eigenvalue weighted by molar-refractivity contribution is -0.118. The molecule has 0 N–H and O–H groups in total. The molecule has 1 aliphatic carbocycles. The van der Waals surface area contributed by atoms with E-state index in [1.807, 2.05) is 6.07 Å². The van der Waals surface area contributed by atoms with Gasteiger partial charge in [0.1, 0.15) is 0 Å². The standard InChI is InChI=1S/C13H15BrO/c1-2-9-7-10-5-3-4-6-11(10)13(9)12(15)8-14/h3-6,9,13H,2,7-8H2,1H3. The fourth-order valence-corrected chi connectivity index (χ4v) is 2.93. The van der Waals surface area contributed by atoms with E-state index in [1.54, 1.807) is 0 Å². The zero-order valence-electron chi connectivity index (χ0n) is 8.87. The smallest absolute Gasteiger partial charge is 0.151 e. The summed E-state index contributed by atoms with van der Waals surface area (Å²) in [7, 11) is 0. The summed E-state index contributed by atoms with van der Waals surface area (Å²) in [6, 6.07) is 8.35. The molecule has 2 unspecified atom stereocenters. The molecule has 0 aliphatic heterocycles. The highest BCUT2D eigenvalue weighted by molar-refractivity contribution is 9.09. The van der Waals surface area contributed by atoms with E-state index in [0.29, 0.717) is 17.0 Å². The summed E-state index contributed by atoms with van der Waals surface area (Å²) >= 11 is 3.28. The quantitative estimate of drug-likeness (QED) is 0.768. The summed E-state index contributed by atoms with van der Waals surface area (Å²) in [4.78, 5) is 11.9. The molecule has 1 aromatic carbocycles. The van der Waals surface area contributed by atoms with E-state index < -0.39 is 0 Å². The number of rotatable bonds is 3. The van der Waals surface area contributed by atoms with Gasteiger partial charge in [-0.2, -0.15) is 0 Å². The van der Waals surface area contributed by atoms with Gasteiger partial charge in [-0.1, -0.05) is 53.5 Å². The zero-order valence-corrected chi connectivity index (χ0v) is 10.5. The maximum atomic E-state index is 11.9. The Kier molecular flexibility index (Phi) is 3.25. The molecule has 80 valence electrons. The van der Waals surface area contributed by atoms with Gasteiger partial charge < -0.3 is 0 Å². The van der Waals surface area contributed by atoms with Crippen molar-refractivity contribution in [2.24, 2.45) is 5.92 Å². The van der Waals surface area contributed by atoms with Crippen LogP contribution in [0.2, 0.25) is 0 Å². The molecule has 2 rings (SSSR count). The number of halogens is 1. The Hall–Kier alpha value is -0.630. The number of Topliss-reactive ketones (excluding diaryl/α,β-unsaturated/α-hetero) is 1. The fraction of sp³-hybridized carbons (Fsp3) is 0.462. The average molecular weight is 267 g/mol. The second kappa shape index (κ2) is 4.48. The number of fused-ring (bicyclic) bond motifs is 1. The first-order valence-electron chi connectivity index (χ1n) is 5.44. The monoisotopic (exact) mass is 266 g/mol. The second-order valence-electron chi connectivity index (χ2n) is 4.15. The van der Waals surface area contributed by atoms with Crippen LogP contribution >= 0.6 is 15.9 Å². The third-order valence-electron chi connectivity index (χ3n) is 3.35. The highest BCUT2D eigenvalue weighted by Crippen LogP contribution is 2.40. The summed E-state index contributed by atoms with van der Waals surface area (Å²) in [6.45, 7) is 2.17. The molecule has 0 radical (unpaired) electrons. The lowest BCUT2D eigenvalue weighted by atomic mass is 9.88. The Labute approximate surface area is 99.0 Å². The molecule has 0 fully saturated rings. The van der Waals surface area contributed by atoms with Crippen LogP contribution in [-0.4, -0.2) is 11.1 Å². The topological polar surface area (TPSA) is 17.1 Å². The molecule has 1 aromatic rings. The van der Waals surface area contributed by atoms with Gasteiger partial charge in [-0.25, -0.2) is 0 Å². The molecule has 0 bridgehead atoms. The van der Waals surface area contributed by atoms with Crippen molar-refractivity contribution in [3.05, 3.63) is 35.4 Å². The number of ketones is 1. The third kappa shape index (κ3) is 1.87. The molecule has 0 heterocycles. The second-order valence-corrected chi connectivity index (χ2v) is 4.71. The van der Waals surface area contributed by atoms with Gasteiger partial charge in [0.2, 0.25) is 0 Å². The highest BCUT2D eigenvalue weighted by Gasteiger charge is 2.35. The van der Waals surface area contributed by atoms with E-state index in [1.165, 1.54) is 11.1 Å². The average Bonchev–Trinajstić information content (AvgIpc) is 2.66. The SMILES string of the molecule is CCC1Cc2ccccc2C1C(=O)CBr. The van der Waals surface area contributed by atoms with Crippen LogP contribution in [0.1, 0.15) is 30.4 Å².